The lowest BCUT2D eigenvalue weighted by molar-refractivity contribution is 0.567. The molecule has 4 heteroatoms. The predicted molar refractivity (Wildman–Crippen MR) is 64.5 cm³/mol. The molecule has 0 radical (unpaired) electrons. The molecule has 0 aliphatic heterocycles. The number of fused-ring (bicyclic) bond motifs is 1. The Morgan fingerprint density at radius 1 is 1.44 bits per heavy atom. The zero-order valence-corrected chi connectivity index (χ0v) is 9.45. The molecule has 0 saturated carbocycles. The largest absolute Gasteiger partial charge is 0.309 e. The van der Waals surface area contributed by atoms with Gasteiger partial charge in [-0.15, -0.1) is 0 Å². The van der Waals surface area contributed by atoms with Crippen LogP contribution in [0.3, 0.4) is 0 Å². The maximum atomic E-state index is 11.8. The average molecular weight is 217 g/mol. The zero-order valence-electron chi connectivity index (χ0n) is 9.45. The first-order valence-electron chi connectivity index (χ1n) is 5.44. The van der Waals surface area contributed by atoms with E-state index in [9.17, 15) is 4.79 Å². The van der Waals surface area contributed by atoms with Crippen molar-refractivity contribution in [3.8, 4) is 0 Å². The van der Waals surface area contributed by atoms with Gasteiger partial charge in [-0.1, -0.05) is 19.1 Å². The second-order valence-electron chi connectivity index (χ2n) is 3.75. The number of nitrogens with one attached hydrogen (secondary N) is 2. The lowest BCUT2D eigenvalue weighted by Gasteiger charge is -2.11. The van der Waals surface area contributed by atoms with Gasteiger partial charge in [-0.05, 0) is 25.6 Å². The third-order valence-corrected chi connectivity index (χ3v) is 2.55. The van der Waals surface area contributed by atoms with Crippen molar-refractivity contribution in [3.05, 3.63) is 40.4 Å². The lowest BCUT2D eigenvalue weighted by Crippen LogP contribution is -2.23. The monoisotopic (exact) mass is 217 g/mol. The molecule has 0 aliphatic rings. The van der Waals surface area contributed by atoms with Crippen LogP contribution in [0.4, 0.5) is 0 Å². The highest BCUT2D eigenvalue weighted by Crippen LogP contribution is 2.10. The number of benzene rings is 1. The van der Waals surface area contributed by atoms with Gasteiger partial charge in [0, 0.05) is 0 Å². The molecule has 2 N–H and O–H groups in total. The highest BCUT2D eigenvalue weighted by atomic mass is 16.1. The van der Waals surface area contributed by atoms with Crippen molar-refractivity contribution in [2.45, 2.75) is 19.9 Å². The van der Waals surface area contributed by atoms with Gasteiger partial charge in [-0.25, -0.2) is 4.98 Å². The van der Waals surface area contributed by atoms with E-state index in [1.807, 2.05) is 32.0 Å². The fourth-order valence-corrected chi connectivity index (χ4v) is 1.71. The fraction of sp³-hybridized carbons (Fsp3) is 0.333. The van der Waals surface area contributed by atoms with E-state index in [4.69, 9.17) is 0 Å². The molecule has 84 valence electrons. The Bertz CT molecular complexity index is 547. The van der Waals surface area contributed by atoms with E-state index in [0.717, 1.165) is 12.1 Å². The summed E-state index contributed by atoms with van der Waals surface area (Å²) in [6, 6.07) is 7.42. The number of rotatable bonds is 3. The molecule has 1 aromatic carbocycles. The van der Waals surface area contributed by atoms with Crippen molar-refractivity contribution < 1.29 is 0 Å². The minimum atomic E-state index is -0.0784. The van der Waals surface area contributed by atoms with Gasteiger partial charge in [0.2, 0.25) is 0 Å². The van der Waals surface area contributed by atoms with Gasteiger partial charge in [0.15, 0.2) is 0 Å². The van der Waals surface area contributed by atoms with Gasteiger partial charge < -0.3 is 10.3 Å². The third-order valence-electron chi connectivity index (χ3n) is 2.55. The SMILES string of the molecule is CCNC(C)c1nc2ccccc2c(=O)[nH]1. The summed E-state index contributed by atoms with van der Waals surface area (Å²) in [7, 11) is 0. The van der Waals surface area contributed by atoms with E-state index in [1.54, 1.807) is 6.07 Å². The summed E-state index contributed by atoms with van der Waals surface area (Å²) in [5.41, 5.74) is 0.663. The van der Waals surface area contributed by atoms with Crippen molar-refractivity contribution in [2.75, 3.05) is 6.54 Å². The molecule has 16 heavy (non-hydrogen) atoms. The molecule has 1 aromatic heterocycles. The van der Waals surface area contributed by atoms with Crippen LogP contribution in [-0.4, -0.2) is 16.5 Å². The van der Waals surface area contributed by atoms with Crippen molar-refractivity contribution in [1.82, 2.24) is 15.3 Å². The summed E-state index contributed by atoms with van der Waals surface area (Å²) < 4.78 is 0. The number of nitrogens with zero attached hydrogens (tertiary/aromatic N) is 1. The first kappa shape index (κ1) is 10.8. The molecule has 2 aromatic rings. The first-order valence-corrected chi connectivity index (χ1v) is 5.44. The molecule has 1 atom stereocenters. The number of hydrogen-bond donors (Lipinski definition) is 2. The number of H-pyrrole nitrogens is 1. The Morgan fingerprint density at radius 3 is 2.94 bits per heavy atom. The van der Waals surface area contributed by atoms with Crippen LogP contribution >= 0.6 is 0 Å². The Labute approximate surface area is 93.7 Å². The Hall–Kier alpha value is -1.68. The van der Waals surface area contributed by atoms with Crippen LogP contribution in [0.15, 0.2) is 29.1 Å². The molecular formula is C12H15N3O. The van der Waals surface area contributed by atoms with E-state index >= 15 is 0 Å². The minimum absolute atomic E-state index is 0.0577. The summed E-state index contributed by atoms with van der Waals surface area (Å²) in [4.78, 5) is 19.0. The number of para-hydroxylation sites is 1. The first-order chi connectivity index (χ1) is 7.72. The van der Waals surface area contributed by atoms with Crippen LogP contribution in [0.2, 0.25) is 0 Å². The van der Waals surface area contributed by atoms with Crippen LogP contribution in [0.25, 0.3) is 10.9 Å². The van der Waals surface area contributed by atoms with Crippen LogP contribution < -0.4 is 10.9 Å². The molecule has 0 bridgehead atoms. The maximum Gasteiger partial charge on any atom is 0.258 e. The zero-order chi connectivity index (χ0) is 11.5. The quantitative estimate of drug-likeness (QED) is 0.821. The average Bonchev–Trinajstić information content (AvgIpc) is 2.29. The lowest BCUT2D eigenvalue weighted by atomic mass is 10.2. The molecule has 0 fully saturated rings. The third kappa shape index (κ3) is 1.97. The van der Waals surface area contributed by atoms with Crippen LogP contribution in [0, 0.1) is 0 Å². The molecule has 1 heterocycles. The number of aromatic nitrogens is 2. The molecule has 0 amide bonds. The van der Waals surface area contributed by atoms with Crippen LogP contribution in [-0.2, 0) is 0 Å². The Kier molecular flexibility index (Phi) is 3.01. The topological polar surface area (TPSA) is 57.8 Å². The van der Waals surface area contributed by atoms with Crippen LogP contribution in [0.1, 0.15) is 25.7 Å². The molecule has 4 nitrogen and oxygen atoms in total. The molecule has 2 rings (SSSR count). The molecule has 0 spiro atoms. The van der Waals surface area contributed by atoms with Crippen molar-refractivity contribution in [2.24, 2.45) is 0 Å². The number of aromatic amines is 1. The van der Waals surface area contributed by atoms with Gasteiger partial charge in [-0.3, -0.25) is 4.79 Å². The van der Waals surface area contributed by atoms with Crippen LogP contribution in [0.5, 0.6) is 0 Å². The van der Waals surface area contributed by atoms with Gasteiger partial charge in [-0.2, -0.15) is 0 Å². The van der Waals surface area contributed by atoms with E-state index in [0.29, 0.717) is 11.2 Å². The smallest absolute Gasteiger partial charge is 0.258 e. The van der Waals surface area contributed by atoms with Gasteiger partial charge in [0.05, 0.1) is 16.9 Å². The predicted octanol–water partition coefficient (Wildman–Crippen LogP) is 1.59. The van der Waals surface area contributed by atoms with Gasteiger partial charge >= 0.3 is 0 Å². The second-order valence-corrected chi connectivity index (χ2v) is 3.75. The van der Waals surface area contributed by atoms with E-state index < -0.39 is 0 Å². The van der Waals surface area contributed by atoms with Crippen molar-refractivity contribution in [1.29, 1.82) is 0 Å². The Morgan fingerprint density at radius 2 is 2.19 bits per heavy atom. The van der Waals surface area contributed by atoms with Gasteiger partial charge in [0.1, 0.15) is 5.82 Å². The highest BCUT2D eigenvalue weighted by molar-refractivity contribution is 5.77. The summed E-state index contributed by atoms with van der Waals surface area (Å²) in [5, 5.41) is 3.86. The van der Waals surface area contributed by atoms with E-state index in [-0.39, 0.29) is 11.6 Å². The highest BCUT2D eigenvalue weighted by Gasteiger charge is 2.08. The fourth-order valence-electron chi connectivity index (χ4n) is 1.71. The van der Waals surface area contributed by atoms with Crippen molar-refractivity contribution >= 4 is 10.9 Å². The standard InChI is InChI=1S/C12H15N3O/c1-3-13-8(2)11-14-10-7-5-4-6-9(10)12(16)15-11/h4-8,13H,3H2,1-2H3,(H,14,15,16). The maximum absolute atomic E-state index is 11.8. The van der Waals surface area contributed by atoms with Gasteiger partial charge in [0.25, 0.3) is 5.56 Å². The van der Waals surface area contributed by atoms with E-state index in [1.165, 1.54) is 0 Å². The molecule has 0 saturated heterocycles. The van der Waals surface area contributed by atoms with E-state index in [2.05, 4.69) is 15.3 Å². The molecular weight excluding hydrogens is 202 g/mol. The second kappa shape index (κ2) is 4.45. The summed E-state index contributed by atoms with van der Waals surface area (Å²) in [6.07, 6.45) is 0. The van der Waals surface area contributed by atoms with Crippen molar-refractivity contribution in [3.63, 3.8) is 0 Å². The normalized spacial score (nSPS) is 12.9. The Balaban J connectivity index is 2.54. The number of hydrogen-bond acceptors (Lipinski definition) is 3. The summed E-state index contributed by atoms with van der Waals surface area (Å²) in [5.74, 6) is 0.686. The molecule has 0 aliphatic carbocycles. The summed E-state index contributed by atoms with van der Waals surface area (Å²) >= 11 is 0. The summed E-state index contributed by atoms with van der Waals surface area (Å²) in [6.45, 7) is 4.85. The minimum Gasteiger partial charge on any atom is -0.309 e. The molecule has 1 unspecified atom stereocenters.